The Kier molecular flexibility index (Phi) is 7.11. The van der Waals surface area contributed by atoms with Gasteiger partial charge in [0.25, 0.3) is 0 Å². The van der Waals surface area contributed by atoms with Gasteiger partial charge in [-0.2, -0.15) is 0 Å². The third kappa shape index (κ3) is 4.75. The Morgan fingerprint density at radius 3 is 1.67 bits per heavy atom. The number of nitrogens with zero attached hydrogens (tertiary/aromatic N) is 2. The predicted molar refractivity (Wildman–Crippen MR) is 228 cm³/mol. The molecule has 0 amide bonds. The summed E-state index contributed by atoms with van der Waals surface area (Å²) >= 11 is 0. The van der Waals surface area contributed by atoms with Gasteiger partial charge in [-0.25, -0.2) is 9.97 Å². The van der Waals surface area contributed by atoms with Crippen LogP contribution in [-0.2, 0) is 5.41 Å². The van der Waals surface area contributed by atoms with Crippen molar-refractivity contribution in [3.63, 3.8) is 0 Å². The molecular weight excluding hydrogens is 665 g/mol. The molecule has 0 N–H and O–H groups in total. The summed E-state index contributed by atoms with van der Waals surface area (Å²) in [4.78, 5) is 11.0. The lowest BCUT2D eigenvalue weighted by Crippen LogP contribution is -2.28. The molecule has 0 saturated heterocycles. The fourth-order valence-electron chi connectivity index (χ4n) is 9.22. The smallest absolute Gasteiger partial charge is 0.161 e. The zero-order chi connectivity index (χ0) is 36.3. The van der Waals surface area contributed by atoms with Crippen LogP contribution < -0.4 is 0 Å². The maximum Gasteiger partial charge on any atom is 0.161 e. The Morgan fingerprint density at radius 1 is 0.327 bits per heavy atom. The van der Waals surface area contributed by atoms with Crippen LogP contribution in [0.1, 0.15) is 22.3 Å². The molecule has 10 aromatic rings. The lowest BCUT2D eigenvalue weighted by molar-refractivity contribution is 0.768. The van der Waals surface area contributed by atoms with Crippen LogP contribution in [0.4, 0.5) is 0 Å². The van der Waals surface area contributed by atoms with Gasteiger partial charge >= 0.3 is 0 Å². The summed E-state index contributed by atoms with van der Waals surface area (Å²) in [6.45, 7) is 0. The number of benzene rings is 9. The summed E-state index contributed by atoms with van der Waals surface area (Å²) in [7, 11) is 0. The van der Waals surface area contributed by atoms with Gasteiger partial charge in [0.15, 0.2) is 5.82 Å². The fraction of sp³-hybridized carbons (Fsp3) is 0.0189. The molecule has 2 nitrogen and oxygen atoms in total. The molecule has 0 radical (unpaired) electrons. The zero-order valence-corrected chi connectivity index (χ0v) is 30.0. The number of hydrogen-bond donors (Lipinski definition) is 0. The van der Waals surface area contributed by atoms with Gasteiger partial charge in [-0.05, 0) is 77.8 Å². The maximum absolute atomic E-state index is 5.61. The minimum atomic E-state index is -0.504. The predicted octanol–water partition coefficient (Wildman–Crippen LogP) is 13.3. The van der Waals surface area contributed by atoms with Crippen LogP contribution >= 0.6 is 0 Å². The summed E-state index contributed by atoms with van der Waals surface area (Å²) in [5.41, 5.74) is 11.9. The molecule has 11 rings (SSSR count). The van der Waals surface area contributed by atoms with Crippen LogP contribution in [0.25, 0.3) is 77.3 Å². The van der Waals surface area contributed by atoms with Crippen molar-refractivity contribution in [1.82, 2.24) is 9.97 Å². The Balaban J connectivity index is 1.25. The largest absolute Gasteiger partial charge is 0.228 e. The number of hydrogen-bond acceptors (Lipinski definition) is 2. The molecule has 0 saturated carbocycles. The van der Waals surface area contributed by atoms with Crippen LogP contribution in [-0.4, -0.2) is 9.97 Å². The van der Waals surface area contributed by atoms with Crippen molar-refractivity contribution >= 4 is 32.3 Å². The van der Waals surface area contributed by atoms with Crippen LogP contribution in [0.3, 0.4) is 0 Å². The third-order valence-electron chi connectivity index (χ3n) is 11.5. The van der Waals surface area contributed by atoms with E-state index >= 15 is 0 Å². The van der Waals surface area contributed by atoms with Gasteiger partial charge < -0.3 is 0 Å². The highest BCUT2D eigenvalue weighted by Gasteiger charge is 2.46. The van der Waals surface area contributed by atoms with E-state index in [2.05, 4.69) is 206 Å². The highest BCUT2D eigenvalue weighted by Crippen LogP contribution is 2.58. The van der Waals surface area contributed by atoms with Crippen LogP contribution in [0.15, 0.2) is 206 Å². The van der Waals surface area contributed by atoms with Gasteiger partial charge in [-0.1, -0.05) is 194 Å². The Hall–Kier alpha value is -7.16. The van der Waals surface area contributed by atoms with Crippen molar-refractivity contribution in [3.8, 4) is 45.0 Å². The molecule has 0 atom stereocenters. The highest BCUT2D eigenvalue weighted by atomic mass is 14.9. The van der Waals surface area contributed by atoms with E-state index in [-0.39, 0.29) is 0 Å². The molecule has 1 heterocycles. The molecule has 1 aliphatic carbocycles. The van der Waals surface area contributed by atoms with Crippen LogP contribution in [0, 0.1) is 0 Å². The van der Waals surface area contributed by atoms with Gasteiger partial charge in [-0.15, -0.1) is 0 Å². The summed E-state index contributed by atoms with van der Waals surface area (Å²) in [5, 5.41) is 7.09. The van der Waals surface area contributed by atoms with Crippen molar-refractivity contribution in [2.75, 3.05) is 0 Å². The Morgan fingerprint density at radius 2 is 0.909 bits per heavy atom. The van der Waals surface area contributed by atoms with Gasteiger partial charge in [-0.3, -0.25) is 0 Å². The summed E-state index contributed by atoms with van der Waals surface area (Å²) < 4.78 is 0. The van der Waals surface area contributed by atoms with Gasteiger partial charge in [0, 0.05) is 16.7 Å². The van der Waals surface area contributed by atoms with Crippen molar-refractivity contribution in [1.29, 1.82) is 0 Å². The van der Waals surface area contributed by atoms with E-state index in [0.717, 1.165) is 44.7 Å². The molecule has 9 aromatic carbocycles. The molecule has 2 heteroatoms. The monoisotopic (exact) mass is 698 g/mol. The zero-order valence-electron chi connectivity index (χ0n) is 30.0. The summed E-state index contributed by atoms with van der Waals surface area (Å²) in [6.07, 6.45) is 0. The molecule has 0 unspecified atom stereocenters. The normalized spacial score (nSPS) is 12.9. The standard InChI is InChI=1S/C53H34N2/c1-4-18-36(19-5-1)48-34-49(55-52(54-48)51-41-26-13-11-20-37(41)33-45-40-25-12-10-17-35(40)31-32-42(45)51)44-28-16-30-47-50(44)43-27-14-15-29-46(43)53(47,38-21-6-2-7-22-38)39-23-8-3-9-24-39/h1-34H. The molecule has 0 fully saturated rings. The average Bonchev–Trinajstić information content (AvgIpc) is 3.57. The lowest BCUT2D eigenvalue weighted by Gasteiger charge is -2.33. The molecular formula is C53H34N2. The van der Waals surface area contributed by atoms with E-state index in [1.54, 1.807) is 0 Å². The molecule has 256 valence electrons. The first-order chi connectivity index (χ1) is 27.3. The van der Waals surface area contributed by atoms with Crippen molar-refractivity contribution in [2.24, 2.45) is 0 Å². The highest BCUT2D eigenvalue weighted by molar-refractivity contribution is 6.19. The topological polar surface area (TPSA) is 25.8 Å². The van der Waals surface area contributed by atoms with Crippen molar-refractivity contribution < 1.29 is 0 Å². The average molecular weight is 699 g/mol. The van der Waals surface area contributed by atoms with Gasteiger partial charge in [0.1, 0.15) is 0 Å². The first-order valence-corrected chi connectivity index (χ1v) is 18.9. The van der Waals surface area contributed by atoms with Gasteiger partial charge in [0.05, 0.1) is 16.8 Å². The van der Waals surface area contributed by atoms with E-state index in [9.17, 15) is 0 Å². The van der Waals surface area contributed by atoms with Crippen molar-refractivity contribution in [2.45, 2.75) is 5.41 Å². The number of fused-ring (bicyclic) bond motifs is 7. The van der Waals surface area contributed by atoms with E-state index in [1.165, 1.54) is 54.9 Å². The van der Waals surface area contributed by atoms with E-state index in [4.69, 9.17) is 9.97 Å². The number of aromatic nitrogens is 2. The molecule has 1 aliphatic rings. The minimum Gasteiger partial charge on any atom is -0.228 e. The fourth-order valence-corrected chi connectivity index (χ4v) is 9.22. The quantitative estimate of drug-likeness (QED) is 0.132. The molecule has 1 aromatic heterocycles. The van der Waals surface area contributed by atoms with Crippen LogP contribution in [0.5, 0.6) is 0 Å². The maximum atomic E-state index is 5.61. The first-order valence-electron chi connectivity index (χ1n) is 18.9. The second-order valence-electron chi connectivity index (χ2n) is 14.4. The Bertz CT molecular complexity index is 3040. The van der Waals surface area contributed by atoms with Gasteiger partial charge in [0.2, 0.25) is 0 Å². The van der Waals surface area contributed by atoms with E-state index in [0.29, 0.717) is 0 Å². The third-order valence-corrected chi connectivity index (χ3v) is 11.5. The summed E-state index contributed by atoms with van der Waals surface area (Å²) in [6, 6.07) is 74.5. The minimum absolute atomic E-state index is 0.504. The van der Waals surface area contributed by atoms with Crippen LogP contribution in [0.2, 0.25) is 0 Å². The molecule has 0 bridgehead atoms. The molecule has 0 spiro atoms. The molecule has 0 aliphatic heterocycles. The Labute approximate surface area is 320 Å². The van der Waals surface area contributed by atoms with Crippen molar-refractivity contribution in [3.05, 3.63) is 229 Å². The first kappa shape index (κ1) is 31.4. The second-order valence-corrected chi connectivity index (χ2v) is 14.4. The number of rotatable bonds is 5. The lowest BCUT2D eigenvalue weighted by atomic mass is 9.67. The van der Waals surface area contributed by atoms with E-state index < -0.39 is 5.41 Å². The SMILES string of the molecule is c1ccc(-c2cc(-c3cccc4c3-c3ccccc3C4(c3ccccc3)c3ccccc3)nc(-c3c4ccccc4cc4c3ccc3ccccc34)n2)cc1. The summed E-state index contributed by atoms with van der Waals surface area (Å²) in [5.74, 6) is 0.717. The molecule has 55 heavy (non-hydrogen) atoms. The van der Waals surface area contributed by atoms with E-state index in [1.807, 2.05) is 0 Å². The second kappa shape index (κ2) is 12.5.